The third-order valence-corrected chi connectivity index (χ3v) is 3.29. The standard InChI is InChI=1S/C11H17N9O/c1-19-4-2-8(3-5-19)21-11-16-9(18-12)15-10(17-11)20-7-13-6-14-20/h6-8H,2-5,12H2,1H3,(H,15,16,17,18). The van der Waals surface area contributed by atoms with Crippen LogP contribution in [0.4, 0.5) is 5.95 Å². The first kappa shape index (κ1) is 13.6. The van der Waals surface area contributed by atoms with Gasteiger partial charge in [0.15, 0.2) is 0 Å². The number of piperidine rings is 1. The molecule has 0 saturated carbocycles. The molecule has 0 atom stereocenters. The van der Waals surface area contributed by atoms with Crippen LogP contribution < -0.4 is 16.0 Å². The SMILES string of the molecule is CN1CCC(Oc2nc(NN)nc(-n3cncn3)n2)CC1. The molecule has 112 valence electrons. The molecule has 0 bridgehead atoms. The van der Waals surface area contributed by atoms with E-state index in [-0.39, 0.29) is 18.1 Å². The molecule has 1 aliphatic heterocycles. The van der Waals surface area contributed by atoms with Crippen LogP contribution in [0.25, 0.3) is 5.95 Å². The number of nitrogens with zero attached hydrogens (tertiary/aromatic N) is 7. The van der Waals surface area contributed by atoms with Crippen molar-refractivity contribution in [1.82, 2.24) is 34.6 Å². The third-order valence-electron chi connectivity index (χ3n) is 3.29. The molecular formula is C11H17N9O. The van der Waals surface area contributed by atoms with E-state index in [4.69, 9.17) is 10.6 Å². The van der Waals surface area contributed by atoms with E-state index in [9.17, 15) is 0 Å². The highest BCUT2D eigenvalue weighted by Crippen LogP contribution is 2.16. The second kappa shape index (κ2) is 5.97. The lowest BCUT2D eigenvalue weighted by Gasteiger charge is -2.28. The van der Waals surface area contributed by atoms with Gasteiger partial charge >= 0.3 is 6.01 Å². The Morgan fingerprint density at radius 2 is 2.10 bits per heavy atom. The minimum atomic E-state index is 0.0952. The van der Waals surface area contributed by atoms with Crippen molar-refractivity contribution >= 4 is 5.95 Å². The molecule has 2 aromatic rings. The molecule has 0 aromatic carbocycles. The highest BCUT2D eigenvalue weighted by Gasteiger charge is 2.20. The Morgan fingerprint density at radius 1 is 1.29 bits per heavy atom. The highest BCUT2D eigenvalue weighted by atomic mass is 16.5. The van der Waals surface area contributed by atoms with Crippen LogP contribution >= 0.6 is 0 Å². The van der Waals surface area contributed by atoms with E-state index in [1.807, 2.05) is 0 Å². The zero-order valence-corrected chi connectivity index (χ0v) is 11.7. The minimum Gasteiger partial charge on any atom is -0.460 e. The molecular weight excluding hydrogens is 274 g/mol. The quantitative estimate of drug-likeness (QED) is 0.551. The van der Waals surface area contributed by atoms with Gasteiger partial charge in [0.1, 0.15) is 18.8 Å². The van der Waals surface area contributed by atoms with Crippen molar-refractivity contribution in [3.63, 3.8) is 0 Å². The largest absolute Gasteiger partial charge is 0.460 e. The molecule has 10 heteroatoms. The fourth-order valence-corrected chi connectivity index (χ4v) is 2.13. The smallest absolute Gasteiger partial charge is 0.323 e. The molecule has 0 unspecified atom stereocenters. The maximum atomic E-state index is 5.84. The Bertz CT molecular complexity index is 579. The number of nitrogens with two attached hydrogens (primary N) is 1. The summed E-state index contributed by atoms with van der Waals surface area (Å²) in [5.41, 5.74) is 2.40. The summed E-state index contributed by atoms with van der Waals surface area (Å²) in [6.45, 7) is 1.99. The van der Waals surface area contributed by atoms with Gasteiger partial charge in [-0.2, -0.15) is 24.7 Å². The lowest BCUT2D eigenvalue weighted by Crippen LogP contribution is -2.36. The first-order valence-corrected chi connectivity index (χ1v) is 6.67. The number of hydrazine groups is 1. The molecule has 3 heterocycles. The molecule has 1 saturated heterocycles. The van der Waals surface area contributed by atoms with Gasteiger partial charge in [-0.15, -0.1) is 0 Å². The number of nitrogens with one attached hydrogen (secondary N) is 1. The summed E-state index contributed by atoms with van der Waals surface area (Å²) in [7, 11) is 2.10. The van der Waals surface area contributed by atoms with Gasteiger partial charge in [-0.1, -0.05) is 0 Å². The Labute approximate surface area is 121 Å². The van der Waals surface area contributed by atoms with Crippen molar-refractivity contribution in [1.29, 1.82) is 0 Å². The van der Waals surface area contributed by atoms with Gasteiger partial charge in [-0.3, -0.25) is 5.43 Å². The lowest BCUT2D eigenvalue weighted by atomic mass is 10.1. The van der Waals surface area contributed by atoms with Crippen LogP contribution in [0.3, 0.4) is 0 Å². The van der Waals surface area contributed by atoms with Gasteiger partial charge in [-0.25, -0.2) is 10.8 Å². The predicted octanol–water partition coefficient (Wildman–Crippen LogP) is -0.789. The zero-order valence-electron chi connectivity index (χ0n) is 11.7. The van der Waals surface area contributed by atoms with E-state index in [2.05, 4.69) is 42.4 Å². The molecule has 2 aromatic heterocycles. The highest BCUT2D eigenvalue weighted by molar-refractivity contribution is 5.28. The lowest BCUT2D eigenvalue weighted by molar-refractivity contribution is 0.105. The summed E-state index contributed by atoms with van der Waals surface area (Å²) < 4.78 is 7.26. The fourth-order valence-electron chi connectivity index (χ4n) is 2.13. The van der Waals surface area contributed by atoms with E-state index < -0.39 is 0 Å². The summed E-state index contributed by atoms with van der Waals surface area (Å²) in [4.78, 5) is 18.6. The Morgan fingerprint density at radius 3 is 2.76 bits per heavy atom. The van der Waals surface area contributed by atoms with Crippen molar-refractivity contribution in [3.8, 4) is 12.0 Å². The average molecular weight is 291 g/mol. The van der Waals surface area contributed by atoms with E-state index in [1.165, 1.54) is 17.3 Å². The van der Waals surface area contributed by atoms with Crippen LogP contribution in [-0.4, -0.2) is 60.9 Å². The van der Waals surface area contributed by atoms with E-state index in [0.717, 1.165) is 25.9 Å². The maximum Gasteiger partial charge on any atom is 0.323 e. The van der Waals surface area contributed by atoms with Crippen molar-refractivity contribution < 1.29 is 4.74 Å². The third kappa shape index (κ3) is 3.23. The van der Waals surface area contributed by atoms with Crippen LogP contribution in [0.5, 0.6) is 6.01 Å². The molecule has 3 N–H and O–H groups in total. The van der Waals surface area contributed by atoms with Crippen molar-refractivity contribution in [2.24, 2.45) is 5.84 Å². The number of anilines is 1. The predicted molar refractivity (Wildman–Crippen MR) is 73.7 cm³/mol. The Kier molecular flexibility index (Phi) is 3.88. The second-order valence-electron chi connectivity index (χ2n) is 4.85. The van der Waals surface area contributed by atoms with Gasteiger partial charge in [0.2, 0.25) is 5.95 Å². The summed E-state index contributed by atoms with van der Waals surface area (Å²) in [5.74, 6) is 5.91. The first-order valence-electron chi connectivity index (χ1n) is 6.67. The molecule has 0 amide bonds. The number of hydrogen-bond donors (Lipinski definition) is 2. The van der Waals surface area contributed by atoms with Crippen LogP contribution in [0.2, 0.25) is 0 Å². The molecule has 10 nitrogen and oxygen atoms in total. The second-order valence-corrected chi connectivity index (χ2v) is 4.85. The van der Waals surface area contributed by atoms with E-state index in [1.54, 1.807) is 0 Å². The van der Waals surface area contributed by atoms with Crippen LogP contribution in [0.15, 0.2) is 12.7 Å². The molecule has 0 aliphatic carbocycles. The van der Waals surface area contributed by atoms with Gasteiger partial charge in [0.05, 0.1) is 0 Å². The Balaban J connectivity index is 1.79. The number of likely N-dealkylation sites (tertiary alicyclic amines) is 1. The first-order chi connectivity index (χ1) is 10.2. The van der Waals surface area contributed by atoms with Crippen LogP contribution in [0, 0.1) is 0 Å². The van der Waals surface area contributed by atoms with Crippen molar-refractivity contribution in [3.05, 3.63) is 12.7 Å². The Hall–Kier alpha value is -2.33. The number of hydrogen-bond acceptors (Lipinski definition) is 9. The topological polar surface area (TPSA) is 120 Å². The van der Waals surface area contributed by atoms with Gasteiger partial charge in [0.25, 0.3) is 5.95 Å². The fraction of sp³-hybridized carbons (Fsp3) is 0.545. The maximum absolute atomic E-state index is 5.84. The zero-order chi connectivity index (χ0) is 14.7. The van der Waals surface area contributed by atoms with Crippen LogP contribution in [-0.2, 0) is 0 Å². The molecule has 1 fully saturated rings. The summed E-state index contributed by atoms with van der Waals surface area (Å²) in [6, 6.07) is 0.234. The molecule has 0 radical (unpaired) electrons. The summed E-state index contributed by atoms with van der Waals surface area (Å²) >= 11 is 0. The molecule has 3 rings (SSSR count). The van der Waals surface area contributed by atoms with Gasteiger partial charge < -0.3 is 9.64 Å². The monoisotopic (exact) mass is 291 g/mol. The normalized spacial score (nSPS) is 16.9. The number of aromatic nitrogens is 6. The number of nitrogen functional groups attached to an aromatic ring is 1. The molecule has 0 spiro atoms. The van der Waals surface area contributed by atoms with Gasteiger partial charge in [0, 0.05) is 13.1 Å². The van der Waals surface area contributed by atoms with Crippen LogP contribution in [0.1, 0.15) is 12.8 Å². The van der Waals surface area contributed by atoms with E-state index in [0.29, 0.717) is 5.95 Å². The number of ether oxygens (including phenoxy) is 1. The molecule has 1 aliphatic rings. The van der Waals surface area contributed by atoms with Crippen molar-refractivity contribution in [2.75, 3.05) is 25.6 Å². The summed E-state index contributed by atoms with van der Waals surface area (Å²) in [5, 5.41) is 3.98. The van der Waals surface area contributed by atoms with Crippen molar-refractivity contribution in [2.45, 2.75) is 18.9 Å². The summed E-state index contributed by atoms with van der Waals surface area (Å²) in [6.07, 6.45) is 4.86. The minimum absolute atomic E-state index is 0.0952. The van der Waals surface area contributed by atoms with E-state index >= 15 is 0 Å². The van der Waals surface area contributed by atoms with Gasteiger partial charge in [-0.05, 0) is 19.9 Å². The average Bonchev–Trinajstić information content (AvgIpc) is 3.04. The number of rotatable bonds is 4. The molecule has 21 heavy (non-hydrogen) atoms.